The highest BCUT2D eigenvalue weighted by molar-refractivity contribution is 5.45. The van der Waals surface area contributed by atoms with Crippen molar-refractivity contribution in [1.29, 1.82) is 0 Å². The van der Waals surface area contributed by atoms with Crippen LogP contribution in [0.3, 0.4) is 0 Å². The molecular formula is C9H12N2O. The van der Waals surface area contributed by atoms with Crippen molar-refractivity contribution in [3.8, 4) is 5.88 Å². The minimum atomic E-state index is 0.527. The number of hydrogen-bond acceptors (Lipinski definition) is 3. The van der Waals surface area contributed by atoms with E-state index in [9.17, 15) is 0 Å². The summed E-state index contributed by atoms with van der Waals surface area (Å²) in [6, 6.07) is 5.59. The molecule has 3 nitrogen and oxygen atoms in total. The summed E-state index contributed by atoms with van der Waals surface area (Å²) in [5.74, 6) is 0.620. The maximum absolute atomic E-state index is 5.30. The number of ether oxygens (including phenoxy) is 1. The maximum Gasteiger partial charge on any atom is 0.213 e. The molecule has 0 aromatic carbocycles. The lowest BCUT2D eigenvalue weighted by molar-refractivity contribution is 0.397. The number of methoxy groups -OCH3 is 1. The van der Waals surface area contributed by atoms with Crippen molar-refractivity contribution >= 4 is 6.08 Å². The zero-order valence-electron chi connectivity index (χ0n) is 7.03. The number of nitrogens with two attached hydrogens (primary N) is 1. The van der Waals surface area contributed by atoms with Crippen LogP contribution in [0.1, 0.15) is 5.69 Å². The van der Waals surface area contributed by atoms with E-state index in [2.05, 4.69) is 4.98 Å². The summed E-state index contributed by atoms with van der Waals surface area (Å²) in [5, 5.41) is 0. The maximum atomic E-state index is 5.30. The minimum Gasteiger partial charge on any atom is -0.481 e. The van der Waals surface area contributed by atoms with E-state index in [0.717, 1.165) is 5.69 Å². The number of rotatable bonds is 3. The van der Waals surface area contributed by atoms with Gasteiger partial charge in [0.05, 0.1) is 12.8 Å². The largest absolute Gasteiger partial charge is 0.481 e. The van der Waals surface area contributed by atoms with Crippen LogP contribution in [0.2, 0.25) is 0 Å². The summed E-state index contributed by atoms with van der Waals surface area (Å²) >= 11 is 0. The average molecular weight is 164 g/mol. The molecule has 0 atom stereocenters. The van der Waals surface area contributed by atoms with Crippen LogP contribution in [0.5, 0.6) is 5.88 Å². The van der Waals surface area contributed by atoms with E-state index >= 15 is 0 Å². The molecule has 64 valence electrons. The van der Waals surface area contributed by atoms with Crippen LogP contribution < -0.4 is 10.5 Å². The van der Waals surface area contributed by atoms with Crippen molar-refractivity contribution in [2.45, 2.75) is 0 Å². The molecule has 0 amide bonds. The van der Waals surface area contributed by atoms with Crippen LogP contribution in [0, 0.1) is 0 Å². The number of aromatic nitrogens is 1. The van der Waals surface area contributed by atoms with Crippen molar-refractivity contribution in [3.63, 3.8) is 0 Å². The van der Waals surface area contributed by atoms with Gasteiger partial charge in [-0.1, -0.05) is 12.1 Å². The Kier molecular flexibility index (Phi) is 3.29. The highest BCUT2D eigenvalue weighted by atomic mass is 16.5. The fourth-order valence-corrected chi connectivity index (χ4v) is 0.826. The molecule has 1 aromatic rings. The number of pyridine rings is 1. The van der Waals surface area contributed by atoms with Crippen LogP contribution in [0.15, 0.2) is 24.3 Å². The Hall–Kier alpha value is -1.35. The van der Waals surface area contributed by atoms with Gasteiger partial charge in [-0.25, -0.2) is 4.98 Å². The van der Waals surface area contributed by atoms with Crippen molar-refractivity contribution in [2.75, 3.05) is 13.7 Å². The van der Waals surface area contributed by atoms with Gasteiger partial charge in [0.1, 0.15) is 0 Å². The van der Waals surface area contributed by atoms with Gasteiger partial charge in [-0.15, -0.1) is 0 Å². The molecule has 0 bridgehead atoms. The van der Waals surface area contributed by atoms with E-state index in [1.165, 1.54) is 0 Å². The third-order valence-corrected chi connectivity index (χ3v) is 1.38. The third-order valence-electron chi connectivity index (χ3n) is 1.38. The first-order valence-corrected chi connectivity index (χ1v) is 3.74. The van der Waals surface area contributed by atoms with Gasteiger partial charge in [-0.2, -0.15) is 0 Å². The number of hydrogen-bond donors (Lipinski definition) is 1. The SMILES string of the molecule is COc1cccc(/C=C/CN)n1. The lowest BCUT2D eigenvalue weighted by atomic mass is 10.3. The lowest BCUT2D eigenvalue weighted by Gasteiger charge is -1.98. The fourth-order valence-electron chi connectivity index (χ4n) is 0.826. The molecule has 0 aliphatic carbocycles. The van der Waals surface area contributed by atoms with Gasteiger partial charge in [0.25, 0.3) is 0 Å². The van der Waals surface area contributed by atoms with Crippen LogP contribution in [0.25, 0.3) is 6.08 Å². The molecule has 0 aliphatic heterocycles. The van der Waals surface area contributed by atoms with Gasteiger partial charge in [0.2, 0.25) is 5.88 Å². The van der Waals surface area contributed by atoms with Gasteiger partial charge in [0.15, 0.2) is 0 Å². The second-order valence-electron chi connectivity index (χ2n) is 2.24. The monoisotopic (exact) mass is 164 g/mol. The Bertz CT molecular complexity index is 271. The smallest absolute Gasteiger partial charge is 0.213 e. The van der Waals surface area contributed by atoms with Crippen LogP contribution in [-0.4, -0.2) is 18.6 Å². The zero-order valence-corrected chi connectivity index (χ0v) is 7.03. The highest BCUT2D eigenvalue weighted by Crippen LogP contribution is 2.07. The van der Waals surface area contributed by atoms with E-state index in [4.69, 9.17) is 10.5 Å². The van der Waals surface area contributed by atoms with Crippen molar-refractivity contribution in [2.24, 2.45) is 5.73 Å². The molecule has 0 spiro atoms. The van der Waals surface area contributed by atoms with Crippen molar-refractivity contribution in [1.82, 2.24) is 4.98 Å². The van der Waals surface area contributed by atoms with E-state index in [-0.39, 0.29) is 0 Å². The predicted molar refractivity (Wildman–Crippen MR) is 48.9 cm³/mol. The Labute approximate surface area is 71.9 Å². The summed E-state index contributed by atoms with van der Waals surface area (Å²) in [5.41, 5.74) is 6.16. The molecule has 1 aromatic heterocycles. The first kappa shape index (κ1) is 8.74. The topological polar surface area (TPSA) is 48.1 Å². The Balaban J connectivity index is 2.79. The summed E-state index contributed by atoms with van der Waals surface area (Å²) < 4.78 is 4.96. The first-order chi connectivity index (χ1) is 5.86. The summed E-state index contributed by atoms with van der Waals surface area (Å²) in [4.78, 5) is 4.16. The summed E-state index contributed by atoms with van der Waals surface area (Å²) in [6.45, 7) is 0.527. The van der Waals surface area contributed by atoms with Gasteiger partial charge in [-0.05, 0) is 12.1 Å². The highest BCUT2D eigenvalue weighted by Gasteiger charge is 1.91. The van der Waals surface area contributed by atoms with E-state index in [1.807, 2.05) is 24.3 Å². The standard InChI is InChI=1S/C9H12N2O/c1-12-9-6-2-4-8(11-9)5-3-7-10/h2-6H,7,10H2,1H3/b5-3+. The van der Waals surface area contributed by atoms with Crippen LogP contribution >= 0.6 is 0 Å². The Morgan fingerprint density at radius 3 is 3.08 bits per heavy atom. The van der Waals surface area contributed by atoms with Crippen LogP contribution in [0.4, 0.5) is 0 Å². The molecule has 1 rings (SSSR count). The van der Waals surface area contributed by atoms with Crippen molar-refractivity contribution in [3.05, 3.63) is 30.0 Å². The molecule has 3 heteroatoms. The second kappa shape index (κ2) is 4.51. The molecule has 0 aliphatic rings. The zero-order chi connectivity index (χ0) is 8.81. The Morgan fingerprint density at radius 2 is 2.42 bits per heavy atom. The molecule has 12 heavy (non-hydrogen) atoms. The molecule has 0 fully saturated rings. The minimum absolute atomic E-state index is 0.527. The molecule has 0 radical (unpaired) electrons. The van der Waals surface area contributed by atoms with Crippen molar-refractivity contribution < 1.29 is 4.74 Å². The molecular weight excluding hydrogens is 152 g/mol. The van der Waals surface area contributed by atoms with Gasteiger partial charge in [-0.3, -0.25) is 0 Å². The summed E-state index contributed by atoms with van der Waals surface area (Å²) in [6.07, 6.45) is 3.71. The van der Waals surface area contributed by atoms with E-state index in [1.54, 1.807) is 13.2 Å². The van der Waals surface area contributed by atoms with Gasteiger partial charge < -0.3 is 10.5 Å². The second-order valence-corrected chi connectivity index (χ2v) is 2.24. The molecule has 0 unspecified atom stereocenters. The number of nitrogens with zero attached hydrogens (tertiary/aromatic N) is 1. The van der Waals surface area contributed by atoms with Gasteiger partial charge >= 0.3 is 0 Å². The lowest BCUT2D eigenvalue weighted by Crippen LogP contribution is -1.93. The predicted octanol–water partition coefficient (Wildman–Crippen LogP) is 1.06. The van der Waals surface area contributed by atoms with E-state index < -0.39 is 0 Å². The third kappa shape index (κ3) is 2.36. The molecule has 0 saturated heterocycles. The fraction of sp³-hybridized carbons (Fsp3) is 0.222. The average Bonchev–Trinajstić information content (AvgIpc) is 2.15. The van der Waals surface area contributed by atoms with Crippen LogP contribution in [-0.2, 0) is 0 Å². The summed E-state index contributed by atoms with van der Waals surface area (Å²) in [7, 11) is 1.60. The first-order valence-electron chi connectivity index (χ1n) is 3.74. The molecule has 1 heterocycles. The van der Waals surface area contributed by atoms with E-state index in [0.29, 0.717) is 12.4 Å². The normalized spacial score (nSPS) is 10.5. The molecule has 0 saturated carbocycles. The Morgan fingerprint density at radius 1 is 1.58 bits per heavy atom. The molecule has 2 N–H and O–H groups in total. The van der Waals surface area contributed by atoms with Gasteiger partial charge in [0, 0.05) is 12.6 Å². The quantitative estimate of drug-likeness (QED) is 0.726.